The second kappa shape index (κ2) is 6.99. The maximum atomic E-state index is 11.8. The van der Waals surface area contributed by atoms with Crippen LogP contribution in [0.5, 0.6) is 0 Å². The summed E-state index contributed by atoms with van der Waals surface area (Å²) < 4.78 is 0.290. The summed E-state index contributed by atoms with van der Waals surface area (Å²) in [5.41, 5.74) is -0.0429. The van der Waals surface area contributed by atoms with E-state index in [0.29, 0.717) is 4.47 Å². The molecule has 0 aliphatic rings. The first kappa shape index (κ1) is 16.1. The van der Waals surface area contributed by atoms with Gasteiger partial charge in [0.15, 0.2) is 0 Å². The van der Waals surface area contributed by atoms with Gasteiger partial charge in [-0.05, 0) is 34.0 Å². The van der Waals surface area contributed by atoms with Gasteiger partial charge < -0.3 is 10.4 Å². The number of nitrogens with one attached hydrogen (secondary N) is 1. The average Bonchev–Trinajstić information content (AvgIpc) is 2.35. The van der Waals surface area contributed by atoms with Crippen LogP contribution in [0.1, 0.15) is 23.7 Å². The number of halogens is 1. The van der Waals surface area contributed by atoms with Gasteiger partial charge in [-0.1, -0.05) is 6.92 Å². The number of carboxylic acid groups (broad SMARTS) is 1. The summed E-state index contributed by atoms with van der Waals surface area (Å²) in [6, 6.07) is 4.04. The summed E-state index contributed by atoms with van der Waals surface area (Å²) in [6.07, 6.45) is -0.0548. The van der Waals surface area contributed by atoms with Crippen molar-refractivity contribution >= 4 is 33.5 Å². The van der Waals surface area contributed by atoms with Crippen molar-refractivity contribution in [3.8, 4) is 0 Å². The number of aliphatic carboxylic acids is 1. The number of carboxylic acids is 1. The second-order valence-corrected chi connectivity index (χ2v) is 5.19. The first-order valence-corrected chi connectivity index (χ1v) is 6.54. The first-order valence-electron chi connectivity index (χ1n) is 5.75. The first-order chi connectivity index (χ1) is 9.31. The molecule has 0 fully saturated rings. The topological polar surface area (TPSA) is 110 Å². The molecule has 0 aromatic heterocycles. The van der Waals surface area contributed by atoms with Crippen LogP contribution < -0.4 is 5.32 Å². The van der Waals surface area contributed by atoms with E-state index in [9.17, 15) is 19.7 Å². The molecule has 1 unspecified atom stereocenters. The standard InChI is InChI=1S/C12H13BrN2O5/c1-7(4-11(16)17)6-14-12(18)8-2-3-9(13)10(5-8)15(19)20/h2-3,5,7H,4,6H2,1H3,(H,14,18)(H,16,17). The third kappa shape index (κ3) is 4.61. The van der Waals surface area contributed by atoms with Gasteiger partial charge in [0.1, 0.15) is 0 Å². The molecular weight excluding hydrogens is 332 g/mol. The number of carbonyl (C=O) groups excluding carboxylic acids is 1. The van der Waals surface area contributed by atoms with Crippen molar-refractivity contribution in [2.24, 2.45) is 5.92 Å². The van der Waals surface area contributed by atoms with Crippen molar-refractivity contribution in [2.45, 2.75) is 13.3 Å². The lowest BCUT2D eigenvalue weighted by Gasteiger charge is -2.10. The Hall–Kier alpha value is -1.96. The van der Waals surface area contributed by atoms with Crippen molar-refractivity contribution in [3.05, 3.63) is 38.3 Å². The van der Waals surface area contributed by atoms with Gasteiger partial charge >= 0.3 is 5.97 Å². The van der Waals surface area contributed by atoms with Gasteiger partial charge in [0.25, 0.3) is 11.6 Å². The molecule has 0 saturated heterocycles. The quantitative estimate of drug-likeness (QED) is 0.607. The summed E-state index contributed by atoms with van der Waals surface area (Å²) in [5, 5.41) is 21.9. The third-order valence-electron chi connectivity index (χ3n) is 2.54. The smallest absolute Gasteiger partial charge is 0.303 e. The van der Waals surface area contributed by atoms with E-state index in [0.717, 1.165) is 0 Å². The molecule has 1 aromatic carbocycles. The predicted octanol–water partition coefficient (Wildman–Crippen LogP) is 2.20. The van der Waals surface area contributed by atoms with E-state index in [1.807, 2.05) is 0 Å². The Labute approximate surface area is 123 Å². The predicted molar refractivity (Wildman–Crippen MR) is 74.5 cm³/mol. The number of amides is 1. The minimum absolute atomic E-state index is 0.0548. The van der Waals surface area contributed by atoms with Crippen LogP contribution in [0, 0.1) is 16.0 Å². The number of hydrogen-bond donors (Lipinski definition) is 2. The second-order valence-electron chi connectivity index (χ2n) is 4.34. The molecule has 1 rings (SSSR count). The maximum Gasteiger partial charge on any atom is 0.303 e. The molecule has 0 aliphatic carbocycles. The van der Waals surface area contributed by atoms with Crippen molar-refractivity contribution < 1.29 is 19.6 Å². The molecule has 0 radical (unpaired) electrons. The Bertz CT molecular complexity index is 547. The highest BCUT2D eigenvalue weighted by molar-refractivity contribution is 9.10. The van der Waals surface area contributed by atoms with Crippen LogP contribution in [0.25, 0.3) is 0 Å². The van der Waals surface area contributed by atoms with Crippen molar-refractivity contribution in [3.63, 3.8) is 0 Å². The molecule has 1 amide bonds. The van der Waals surface area contributed by atoms with Gasteiger partial charge in [-0.2, -0.15) is 0 Å². The fourth-order valence-electron chi connectivity index (χ4n) is 1.53. The van der Waals surface area contributed by atoms with E-state index in [-0.39, 0.29) is 30.1 Å². The highest BCUT2D eigenvalue weighted by Gasteiger charge is 2.16. The van der Waals surface area contributed by atoms with Crippen LogP contribution in [-0.4, -0.2) is 28.5 Å². The van der Waals surface area contributed by atoms with Gasteiger partial charge in [-0.15, -0.1) is 0 Å². The van der Waals surface area contributed by atoms with Crippen LogP contribution in [0.3, 0.4) is 0 Å². The van der Waals surface area contributed by atoms with Gasteiger partial charge in [-0.25, -0.2) is 0 Å². The zero-order chi connectivity index (χ0) is 15.3. The lowest BCUT2D eigenvalue weighted by Crippen LogP contribution is -2.29. The summed E-state index contributed by atoms with van der Waals surface area (Å²) in [6.45, 7) is 1.88. The Kier molecular flexibility index (Phi) is 5.63. The molecule has 1 aromatic rings. The SMILES string of the molecule is CC(CNC(=O)c1ccc(Br)c([N+](=O)[O-])c1)CC(=O)O. The Morgan fingerprint density at radius 3 is 2.70 bits per heavy atom. The van der Waals surface area contributed by atoms with Crippen LogP contribution in [0.2, 0.25) is 0 Å². The molecule has 1 atom stereocenters. The molecule has 20 heavy (non-hydrogen) atoms. The third-order valence-corrected chi connectivity index (χ3v) is 3.21. The number of rotatable bonds is 6. The zero-order valence-corrected chi connectivity index (χ0v) is 12.2. The van der Waals surface area contributed by atoms with E-state index in [1.54, 1.807) is 6.92 Å². The largest absolute Gasteiger partial charge is 0.481 e. The molecule has 2 N–H and O–H groups in total. The summed E-state index contributed by atoms with van der Waals surface area (Å²) >= 11 is 3.03. The van der Waals surface area contributed by atoms with E-state index >= 15 is 0 Å². The molecule has 0 heterocycles. The highest BCUT2D eigenvalue weighted by Crippen LogP contribution is 2.25. The van der Waals surface area contributed by atoms with Gasteiger partial charge in [0, 0.05) is 24.6 Å². The Morgan fingerprint density at radius 2 is 2.15 bits per heavy atom. The van der Waals surface area contributed by atoms with Crippen LogP contribution in [0.15, 0.2) is 22.7 Å². The maximum absolute atomic E-state index is 11.8. The number of benzene rings is 1. The normalized spacial score (nSPS) is 11.7. The monoisotopic (exact) mass is 344 g/mol. The van der Waals surface area contributed by atoms with Gasteiger partial charge in [0.05, 0.1) is 9.40 Å². The minimum Gasteiger partial charge on any atom is -0.481 e. The highest BCUT2D eigenvalue weighted by atomic mass is 79.9. The number of nitro benzene ring substituents is 1. The molecule has 108 valence electrons. The molecule has 7 nitrogen and oxygen atoms in total. The fraction of sp³-hybridized carbons (Fsp3) is 0.333. The van der Waals surface area contributed by atoms with Crippen LogP contribution >= 0.6 is 15.9 Å². The Balaban J connectivity index is 2.71. The number of hydrogen-bond acceptors (Lipinski definition) is 4. The van der Waals surface area contributed by atoms with Crippen LogP contribution in [0.4, 0.5) is 5.69 Å². The molecule has 0 bridgehead atoms. The van der Waals surface area contributed by atoms with Crippen molar-refractivity contribution in [1.82, 2.24) is 5.32 Å². The average molecular weight is 345 g/mol. The molecule has 0 spiro atoms. The minimum atomic E-state index is -0.939. The van der Waals surface area contributed by atoms with Gasteiger partial charge in [0.2, 0.25) is 0 Å². The van der Waals surface area contributed by atoms with Crippen LogP contribution in [-0.2, 0) is 4.79 Å². The van der Waals surface area contributed by atoms with E-state index in [4.69, 9.17) is 5.11 Å². The Morgan fingerprint density at radius 1 is 1.50 bits per heavy atom. The van der Waals surface area contributed by atoms with Crippen molar-refractivity contribution in [2.75, 3.05) is 6.54 Å². The summed E-state index contributed by atoms with van der Waals surface area (Å²) in [5.74, 6) is -1.63. The lowest BCUT2D eigenvalue weighted by molar-refractivity contribution is -0.385. The van der Waals surface area contributed by atoms with Gasteiger partial charge in [-0.3, -0.25) is 19.7 Å². The zero-order valence-electron chi connectivity index (χ0n) is 10.6. The number of nitrogens with zero attached hydrogens (tertiary/aromatic N) is 1. The van der Waals surface area contributed by atoms with Crippen molar-refractivity contribution in [1.29, 1.82) is 0 Å². The molecule has 8 heteroatoms. The fourth-order valence-corrected chi connectivity index (χ4v) is 1.92. The van der Waals surface area contributed by atoms with E-state index in [2.05, 4.69) is 21.2 Å². The lowest BCUT2D eigenvalue weighted by atomic mass is 10.1. The van der Waals surface area contributed by atoms with E-state index < -0.39 is 16.8 Å². The summed E-state index contributed by atoms with van der Waals surface area (Å²) in [4.78, 5) is 32.5. The van der Waals surface area contributed by atoms with E-state index in [1.165, 1.54) is 18.2 Å². The summed E-state index contributed by atoms with van der Waals surface area (Å²) in [7, 11) is 0. The number of nitro groups is 1. The number of carbonyl (C=O) groups is 2. The molecular formula is C12H13BrN2O5. The molecule has 0 aliphatic heterocycles. The molecule has 0 saturated carbocycles.